The molecule has 11 heteroatoms. The molecule has 1 unspecified atom stereocenters. The Kier molecular flexibility index (Phi) is 7.79. The Morgan fingerprint density at radius 3 is 2.44 bits per heavy atom. The van der Waals surface area contributed by atoms with Crippen LogP contribution in [0.15, 0.2) is 54.6 Å². The molecule has 0 spiro atoms. The molecular weight excluding hydrogens is 501 g/mol. The van der Waals surface area contributed by atoms with Crippen LogP contribution in [0.3, 0.4) is 0 Å². The maximum absolute atomic E-state index is 13.7. The van der Waals surface area contributed by atoms with Crippen LogP contribution in [0.5, 0.6) is 17.2 Å². The van der Waals surface area contributed by atoms with E-state index in [0.29, 0.717) is 28.5 Å². The van der Waals surface area contributed by atoms with Crippen LogP contribution in [0.25, 0.3) is 0 Å². The van der Waals surface area contributed by atoms with Crippen LogP contribution in [-0.4, -0.2) is 28.1 Å². The molecule has 4 rings (SSSR count). The maximum Gasteiger partial charge on any atom is 0.416 e. The molecule has 3 aromatic carbocycles. The summed E-state index contributed by atoms with van der Waals surface area (Å²) in [6.45, 7) is -0.0891. The van der Waals surface area contributed by atoms with Gasteiger partial charge in [-0.3, -0.25) is 9.85 Å². The highest BCUT2D eigenvalue weighted by Crippen LogP contribution is 2.43. The number of benzene rings is 3. The monoisotopic (exact) mass is 524 g/mol. The third kappa shape index (κ3) is 5.31. The van der Waals surface area contributed by atoms with Gasteiger partial charge in [-0.15, -0.1) is 5.59 Å². The highest BCUT2D eigenvalue weighted by molar-refractivity contribution is 6.32. The smallest absolute Gasteiger partial charge is 0.416 e. The van der Waals surface area contributed by atoms with Gasteiger partial charge in [0.25, 0.3) is 0 Å². The molecule has 36 heavy (non-hydrogen) atoms. The molecule has 7 nitrogen and oxygen atoms in total. The number of nitrogens with zero attached hydrogens (tertiary/aromatic N) is 1. The predicted molar refractivity (Wildman–Crippen MR) is 127 cm³/mol. The largest absolute Gasteiger partial charge is 0.497 e. The van der Waals surface area contributed by atoms with Gasteiger partial charge in [0.15, 0.2) is 6.79 Å². The van der Waals surface area contributed by atoms with E-state index in [-0.39, 0.29) is 23.9 Å². The third-order valence-electron chi connectivity index (χ3n) is 5.71. The first kappa shape index (κ1) is 25.9. The van der Waals surface area contributed by atoms with Crippen LogP contribution in [-0.2, 0) is 22.3 Å². The number of fused-ring (bicyclic) bond motifs is 1. The SMILES string of the molecule is COc1ccc(CN2NOCOC(c3cccc(OC)c3Cl)c3cc(C(F)(F)F)ccc32)c(OC)c1. The van der Waals surface area contributed by atoms with Gasteiger partial charge in [0.05, 0.1) is 44.1 Å². The Labute approximate surface area is 211 Å². The number of hydrazine groups is 1. The van der Waals surface area contributed by atoms with Gasteiger partial charge in [0.1, 0.15) is 23.4 Å². The maximum atomic E-state index is 13.7. The van der Waals surface area contributed by atoms with Crippen molar-refractivity contribution in [1.29, 1.82) is 0 Å². The van der Waals surface area contributed by atoms with Gasteiger partial charge >= 0.3 is 6.18 Å². The van der Waals surface area contributed by atoms with E-state index in [0.717, 1.165) is 17.7 Å². The quantitative estimate of drug-likeness (QED) is 0.430. The Balaban J connectivity index is 1.84. The lowest BCUT2D eigenvalue weighted by atomic mass is 9.96. The average molecular weight is 525 g/mol. The minimum absolute atomic E-state index is 0.185. The summed E-state index contributed by atoms with van der Waals surface area (Å²) >= 11 is 6.54. The lowest BCUT2D eigenvalue weighted by Gasteiger charge is -2.33. The first-order chi connectivity index (χ1) is 17.3. The minimum Gasteiger partial charge on any atom is -0.497 e. The third-order valence-corrected chi connectivity index (χ3v) is 6.12. The van der Waals surface area contributed by atoms with Crippen molar-refractivity contribution in [2.24, 2.45) is 0 Å². The summed E-state index contributed by atoms with van der Waals surface area (Å²) in [6, 6.07) is 13.7. The second-order valence-electron chi connectivity index (χ2n) is 7.80. The molecular formula is C25H24ClF3N2O5. The van der Waals surface area contributed by atoms with Crippen molar-refractivity contribution in [2.45, 2.75) is 18.8 Å². The van der Waals surface area contributed by atoms with E-state index in [1.54, 1.807) is 48.5 Å². The molecule has 0 saturated heterocycles. The van der Waals surface area contributed by atoms with Crippen LogP contribution in [0, 0.1) is 0 Å². The molecule has 3 aromatic rings. The summed E-state index contributed by atoms with van der Waals surface area (Å²) in [7, 11) is 4.52. The topological polar surface area (TPSA) is 61.4 Å². The van der Waals surface area contributed by atoms with Crippen LogP contribution >= 0.6 is 11.6 Å². The van der Waals surface area contributed by atoms with Crippen molar-refractivity contribution in [3.63, 3.8) is 0 Å². The summed E-state index contributed by atoms with van der Waals surface area (Å²) < 4.78 is 63.0. The van der Waals surface area contributed by atoms with Crippen molar-refractivity contribution in [3.8, 4) is 17.2 Å². The Morgan fingerprint density at radius 1 is 0.972 bits per heavy atom. The number of hydrogen-bond acceptors (Lipinski definition) is 7. The van der Waals surface area contributed by atoms with Crippen molar-refractivity contribution in [3.05, 3.63) is 81.9 Å². The molecule has 0 fully saturated rings. The summed E-state index contributed by atoms with van der Waals surface area (Å²) in [6.07, 6.45) is -5.54. The van der Waals surface area contributed by atoms with E-state index < -0.39 is 17.8 Å². The number of nitrogens with one attached hydrogen (secondary N) is 1. The van der Waals surface area contributed by atoms with Crippen molar-refractivity contribution < 1.29 is 37.0 Å². The molecule has 1 aliphatic heterocycles. The zero-order valence-corrected chi connectivity index (χ0v) is 20.4. The van der Waals surface area contributed by atoms with E-state index in [2.05, 4.69) is 5.59 Å². The van der Waals surface area contributed by atoms with Gasteiger partial charge in [0, 0.05) is 22.8 Å². The molecule has 1 aliphatic rings. The van der Waals surface area contributed by atoms with Crippen LogP contribution < -0.4 is 24.8 Å². The number of anilines is 1. The second kappa shape index (κ2) is 10.8. The van der Waals surface area contributed by atoms with Crippen LogP contribution in [0.1, 0.15) is 28.4 Å². The molecule has 0 saturated carbocycles. The van der Waals surface area contributed by atoms with E-state index in [1.165, 1.54) is 20.3 Å². The first-order valence-electron chi connectivity index (χ1n) is 10.8. The fourth-order valence-electron chi connectivity index (χ4n) is 3.95. The predicted octanol–water partition coefficient (Wildman–Crippen LogP) is 5.90. The van der Waals surface area contributed by atoms with Gasteiger partial charge in [-0.25, -0.2) is 0 Å². The fourth-order valence-corrected chi connectivity index (χ4v) is 4.25. The molecule has 192 valence electrons. The first-order valence-corrected chi connectivity index (χ1v) is 11.2. The van der Waals surface area contributed by atoms with Gasteiger partial charge in [-0.05, 0) is 36.4 Å². The highest BCUT2D eigenvalue weighted by atomic mass is 35.5. The molecule has 0 aromatic heterocycles. The average Bonchev–Trinajstić information content (AvgIpc) is 2.86. The second-order valence-corrected chi connectivity index (χ2v) is 8.18. The van der Waals surface area contributed by atoms with E-state index in [1.807, 2.05) is 0 Å². The molecule has 1 heterocycles. The molecule has 0 amide bonds. The van der Waals surface area contributed by atoms with Gasteiger partial charge in [-0.1, -0.05) is 23.7 Å². The summed E-state index contributed by atoms with van der Waals surface area (Å²) in [5.41, 5.74) is 3.73. The minimum atomic E-state index is -4.56. The zero-order chi connectivity index (χ0) is 25.9. The Morgan fingerprint density at radius 2 is 1.75 bits per heavy atom. The van der Waals surface area contributed by atoms with Crippen molar-refractivity contribution in [1.82, 2.24) is 5.59 Å². The molecule has 0 bridgehead atoms. The van der Waals surface area contributed by atoms with Crippen LogP contribution in [0.2, 0.25) is 5.02 Å². The molecule has 1 atom stereocenters. The van der Waals surface area contributed by atoms with Crippen molar-refractivity contribution in [2.75, 3.05) is 33.1 Å². The van der Waals surface area contributed by atoms with Gasteiger partial charge in [0.2, 0.25) is 0 Å². The number of rotatable bonds is 6. The number of hydrogen-bond donors (Lipinski definition) is 1. The number of halogens is 4. The standard InChI is InChI=1S/C25H24ClF3N2O5/c1-32-17-9-7-15(22(12-17)34-3)13-31-20-10-8-16(25(27,28)29)11-19(20)24(35-14-36-30-31)18-5-4-6-21(33-2)23(18)26/h4-12,24,30H,13-14H2,1-3H3. The number of alkyl halides is 3. The van der Waals surface area contributed by atoms with E-state index in [4.69, 9.17) is 35.4 Å². The lowest BCUT2D eigenvalue weighted by molar-refractivity contribution is -0.138. The number of methoxy groups -OCH3 is 3. The summed E-state index contributed by atoms with van der Waals surface area (Å²) in [4.78, 5) is 5.47. The number of ether oxygens (including phenoxy) is 4. The summed E-state index contributed by atoms with van der Waals surface area (Å²) in [5, 5.41) is 1.80. The fraction of sp³-hybridized carbons (Fsp3) is 0.280. The molecule has 0 radical (unpaired) electrons. The van der Waals surface area contributed by atoms with Crippen molar-refractivity contribution >= 4 is 17.3 Å². The molecule has 1 N–H and O–H groups in total. The normalized spacial score (nSPS) is 16.1. The highest BCUT2D eigenvalue weighted by Gasteiger charge is 2.34. The van der Waals surface area contributed by atoms with Crippen LogP contribution in [0.4, 0.5) is 18.9 Å². The van der Waals surface area contributed by atoms with E-state index in [9.17, 15) is 13.2 Å². The lowest BCUT2D eigenvalue weighted by Crippen LogP contribution is -2.41. The van der Waals surface area contributed by atoms with E-state index >= 15 is 0 Å². The Bertz CT molecular complexity index is 1220. The Hall–Kier alpha value is -3.18. The van der Waals surface area contributed by atoms with Gasteiger partial charge < -0.3 is 18.9 Å². The molecule has 0 aliphatic carbocycles. The summed E-state index contributed by atoms with van der Waals surface area (Å²) in [5.74, 6) is 1.51. The zero-order valence-electron chi connectivity index (χ0n) is 19.7. The van der Waals surface area contributed by atoms with Gasteiger partial charge in [-0.2, -0.15) is 13.2 Å².